The van der Waals surface area contributed by atoms with E-state index in [1.807, 2.05) is 0 Å². The lowest BCUT2D eigenvalue weighted by Crippen LogP contribution is -2.32. The Labute approximate surface area is 183 Å². The van der Waals surface area contributed by atoms with Crippen LogP contribution in [-0.4, -0.2) is 22.2 Å². The lowest BCUT2D eigenvalue weighted by atomic mass is 9.78. The number of carboxylic acids is 2. The number of unbranched alkanes of at least 4 members (excludes halogenated alkanes) is 13. The van der Waals surface area contributed by atoms with E-state index in [9.17, 15) is 14.7 Å². The van der Waals surface area contributed by atoms with E-state index in [-0.39, 0.29) is 5.56 Å². The summed E-state index contributed by atoms with van der Waals surface area (Å²) in [6, 6.07) is 6.26. The first kappa shape index (κ1) is 26.2. The molecule has 4 nitrogen and oxygen atoms in total. The normalized spacial score (nSPS) is 13.1. The van der Waals surface area contributed by atoms with Crippen molar-refractivity contribution in [1.29, 1.82) is 0 Å². The lowest BCUT2D eigenvalue weighted by molar-refractivity contribution is -0.143. The average Bonchev–Trinajstić information content (AvgIpc) is 2.73. The van der Waals surface area contributed by atoms with E-state index in [0.29, 0.717) is 12.0 Å². The Hall–Kier alpha value is -1.84. The van der Waals surface area contributed by atoms with Gasteiger partial charge in [0.2, 0.25) is 0 Å². The monoisotopic (exact) mass is 418 g/mol. The maximum atomic E-state index is 11.9. The summed E-state index contributed by atoms with van der Waals surface area (Å²) in [4.78, 5) is 22.9. The summed E-state index contributed by atoms with van der Waals surface area (Å²) in [5.41, 5.74) is -0.105. The number of hydrogen-bond donors (Lipinski definition) is 2. The molecule has 0 heterocycles. The standard InChI is InChI=1S/C26H42O4/c1-3-4-5-6-7-8-9-10-11-12-13-14-15-16-21-26(2,25(29)30)23-19-17-22(18-20-23)24(27)28/h17-20H,3-16,21H2,1-2H3,(H,27,28)(H,29,30). The maximum absolute atomic E-state index is 11.9. The first-order valence-corrected chi connectivity index (χ1v) is 12.0. The van der Waals surface area contributed by atoms with Crippen LogP contribution in [0.2, 0.25) is 0 Å². The van der Waals surface area contributed by atoms with Crippen molar-refractivity contribution in [2.24, 2.45) is 0 Å². The molecule has 0 spiro atoms. The molecule has 1 rings (SSSR count). The highest BCUT2D eigenvalue weighted by Crippen LogP contribution is 2.31. The molecule has 1 aromatic carbocycles. The third-order valence-corrected chi connectivity index (χ3v) is 6.27. The van der Waals surface area contributed by atoms with Crippen LogP contribution in [0.5, 0.6) is 0 Å². The van der Waals surface area contributed by atoms with Crippen molar-refractivity contribution < 1.29 is 19.8 Å². The van der Waals surface area contributed by atoms with Crippen molar-refractivity contribution in [3.8, 4) is 0 Å². The molecule has 0 aliphatic rings. The van der Waals surface area contributed by atoms with Gasteiger partial charge in [-0.05, 0) is 31.0 Å². The molecule has 0 aliphatic carbocycles. The topological polar surface area (TPSA) is 74.6 Å². The fourth-order valence-corrected chi connectivity index (χ4v) is 4.03. The molecule has 1 unspecified atom stereocenters. The zero-order valence-corrected chi connectivity index (χ0v) is 19.1. The van der Waals surface area contributed by atoms with Crippen LogP contribution in [0, 0.1) is 0 Å². The molecule has 0 amide bonds. The van der Waals surface area contributed by atoms with Crippen molar-refractivity contribution in [2.45, 2.75) is 116 Å². The second-order valence-electron chi connectivity index (χ2n) is 8.87. The molecule has 0 saturated heterocycles. The molecule has 0 saturated carbocycles. The van der Waals surface area contributed by atoms with Crippen molar-refractivity contribution in [3.05, 3.63) is 35.4 Å². The predicted molar refractivity (Wildman–Crippen MR) is 123 cm³/mol. The van der Waals surface area contributed by atoms with E-state index in [4.69, 9.17) is 5.11 Å². The minimum atomic E-state index is -0.995. The quantitative estimate of drug-likeness (QED) is 0.241. The molecule has 4 heteroatoms. The first-order valence-electron chi connectivity index (χ1n) is 12.0. The van der Waals surface area contributed by atoms with Gasteiger partial charge in [0.15, 0.2) is 0 Å². The molecule has 1 atom stereocenters. The van der Waals surface area contributed by atoms with Crippen molar-refractivity contribution >= 4 is 11.9 Å². The van der Waals surface area contributed by atoms with E-state index < -0.39 is 17.4 Å². The zero-order valence-electron chi connectivity index (χ0n) is 19.1. The SMILES string of the molecule is CCCCCCCCCCCCCCCCC(C)(C(=O)O)c1ccc(C(=O)O)cc1. The Balaban J connectivity index is 2.17. The predicted octanol–water partition coefficient (Wildman–Crippen LogP) is 7.60. The molecule has 0 radical (unpaired) electrons. The molecule has 0 aromatic heterocycles. The summed E-state index contributed by atoms with van der Waals surface area (Å²) in [5, 5.41) is 18.8. The van der Waals surface area contributed by atoms with E-state index in [1.54, 1.807) is 19.1 Å². The van der Waals surface area contributed by atoms with E-state index in [1.165, 1.54) is 82.8 Å². The van der Waals surface area contributed by atoms with Crippen molar-refractivity contribution in [1.82, 2.24) is 0 Å². The molecule has 1 aromatic rings. The summed E-state index contributed by atoms with van der Waals surface area (Å²) in [5.74, 6) is -1.84. The van der Waals surface area contributed by atoms with Gasteiger partial charge in [0.1, 0.15) is 0 Å². The Morgan fingerprint density at radius 2 is 1.10 bits per heavy atom. The van der Waals surface area contributed by atoms with Crippen LogP contribution in [0.4, 0.5) is 0 Å². The van der Waals surface area contributed by atoms with Crippen LogP contribution in [0.15, 0.2) is 24.3 Å². The summed E-state index contributed by atoms with van der Waals surface area (Å²) in [6.45, 7) is 4.00. The fraction of sp³-hybridized carbons (Fsp3) is 0.692. The zero-order chi connectivity index (χ0) is 22.2. The molecular formula is C26H42O4. The van der Waals surface area contributed by atoms with Gasteiger partial charge < -0.3 is 10.2 Å². The highest BCUT2D eigenvalue weighted by Gasteiger charge is 2.34. The lowest BCUT2D eigenvalue weighted by Gasteiger charge is -2.25. The van der Waals surface area contributed by atoms with E-state index in [0.717, 1.165) is 19.3 Å². The van der Waals surface area contributed by atoms with Crippen LogP contribution >= 0.6 is 0 Å². The maximum Gasteiger partial charge on any atom is 0.335 e. The van der Waals surface area contributed by atoms with Crippen LogP contribution < -0.4 is 0 Å². The van der Waals surface area contributed by atoms with Crippen LogP contribution in [-0.2, 0) is 10.2 Å². The molecule has 0 aliphatic heterocycles. The third-order valence-electron chi connectivity index (χ3n) is 6.27. The van der Waals surface area contributed by atoms with E-state index in [2.05, 4.69) is 6.92 Å². The average molecular weight is 419 g/mol. The van der Waals surface area contributed by atoms with Gasteiger partial charge in [0.05, 0.1) is 11.0 Å². The number of hydrogen-bond acceptors (Lipinski definition) is 2. The number of aromatic carboxylic acids is 1. The van der Waals surface area contributed by atoms with Gasteiger partial charge in [0, 0.05) is 0 Å². The van der Waals surface area contributed by atoms with Gasteiger partial charge in [0.25, 0.3) is 0 Å². The Morgan fingerprint density at radius 1 is 0.700 bits per heavy atom. The second-order valence-corrected chi connectivity index (χ2v) is 8.87. The molecule has 30 heavy (non-hydrogen) atoms. The van der Waals surface area contributed by atoms with Gasteiger partial charge in [-0.25, -0.2) is 4.79 Å². The summed E-state index contributed by atoms with van der Waals surface area (Å²) >= 11 is 0. The van der Waals surface area contributed by atoms with Crippen molar-refractivity contribution in [2.75, 3.05) is 0 Å². The number of carboxylic acid groups (broad SMARTS) is 2. The largest absolute Gasteiger partial charge is 0.481 e. The highest BCUT2D eigenvalue weighted by molar-refractivity contribution is 5.88. The Kier molecular flexibility index (Phi) is 13.1. The molecule has 170 valence electrons. The minimum absolute atomic E-state index is 0.183. The van der Waals surface area contributed by atoms with Gasteiger partial charge in [-0.1, -0.05) is 109 Å². The van der Waals surface area contributed by atoms with Crippen molar-refractivity contribution in [3.63, 3.8) is 0 Å². The molecule has 0 fully saturated rings. The van der Waals surface area contributed by atoms with Gasteiger partial charge >= 0.3 is 11.9 Å². The summed E-state index contributed by atoms with van der Waals surface area (Å²) in [6.07, 6.45) is 18.4. The molecule has 2 N–H and O–H groups in total. The number of rotatable bonds is 18. The minimum Gasteiger partial charge on any atom is -0.481 e. The Bertz CT molecular complexity index is 608. The van der Waals surface area contributed by atoms with Crippen LogP contribution in [0.25, 0.3) is 0 Å². The summed E-state index contributed by atoms with van der Waals surface area (Å²) in [7, 11) is 0. The van der Waals surface area contributed by atoms with Gasteiger partial charge in [-0.15, -0.1) is 0 Å². The third kappa shape index (κ3) is 9.77. The highest BCUT2D eigenvalue weighted by atomic mass is 16.4. The first-order chi connectivity index (χ1) is 14.4. The van der Waals surface area contributed by atoms with E-state index >= 15 is 0 Å². The molecular weight excluding hydrogens is 376 g/mol. The smallest absolute Gasteiger partial charge is 0.335 e. The fourth-order valence-electron chi connectivity index (χ4n) is 4.03. The van der Waals surface area contributed by atoms with Crippen LogP contribution in [0.1, 0.15) is 126 Å². The van der Waals surface area contributed by atoms with Gasteiger partial charge in [-0.2, -0.15) is 0 Å². The van der Waals surface area contributed by atoms with Crippen LogP contribution in [0.3, 0.4) is 0 Å². The van der Waals surface area contributed by atoms with Gasteiger partial charge in [-0.3, -0.25) is 4.79 Å². The number of benzene rings is 1. The summed E-state index contributed by atoms with van der Waals surface area (Å²) < 4.78 is 0. The molecule has 0 bridgehead atoms. The number of carbonyl (C=O) groups is 2. The number of aliphatic carboxylic acids is 1. The Morgan fingerprint density at radius 3 is 1.47 bits per heavy atom. The second kappa shape index (κ2) is 15.0.